The number of aliphatic imine (C=N–C) groups is 1. The third kappa shape index (κ3) is 5.89. The van der Waals surface area contributed by atoms with Crippen LogP contribution >= 0.6 is 0 Å². The minimum atomic E-state index is -0.348. The van der Waals surface area contributed by atoms with Crippen LogP contribution in [-0.2, 0) is 6.54 Å². The summed E-state index contributed by atoms with van der Waals surface area (Å²) in [6, 6.07) is 15.9. The summed E-state index contributed by atoms with van der Waals surface area (Å²) < 4.78 is 6.16. The van der Waals surface area contributed by atoms with Gasteiger partial charge in [0.25, 0.3) is 0 Å². The number of ether oxygens (including phenoxy) is 1. The molecule has 7 nitrogen and oxygen atoms in total. The molecule has 30 heavy (non-hydrogen) atoms. The summed E-state index contributed by atoms with van der Waals surface area (Å²) in [7, 11) is 0. The fourth-order valence-electron chi connectivity index (χ4n) is 3.45. The largest absolute Gasteiger partial charge is 0.457 e. The van der Waals surface area contributed by atoms with Crippen molar-refractivity contribution in [2.75, 3.05) is 19.6 Å². The van der Waals surface area contributed by atoms with Gasteiger partial charge in [-0.05, 0) is 44.4 Å². The van der Waals surface area contributed by atoms with Gasteiger partial charge < -0.3 is 26.0 Å². The second-order valence-corrected chi connectivity index (χ2v) is 7.41. The zero-order valence-corrected chi connectivity index (χ0v) is 17.7. The van der Waals surface area contributed by atoms with Gasteiger partial charge in [-0.1, -0.05) is 36.4 Å². The van der Waals surface area contributed by atoms with Gasteiger partial charge in [0.05, 0.1) is 6.54 Å². The quantitative estimate of drug-likeness (QED) is 0.504. The molecule has 2 aromatic carbocycles. The number of nitrogens with zero attached hydrogens (tertiary/aromatic N) is 2. The average molecular weight is 410 g/mol. The van der Waals surface area contributed by atoms with E-state index in [1.165, 1.54) is 0 Å². The van der Waals surface area contributed by atoms with Gasteiger partial charge in [-0.15, -0.1) is 0 Å². The fraction of sp³-hybridized carbons (Fsp3) is 0.391. The lowest BCUT2D eigenvalue weighted by Crippen LogP contribution is -2.50. The van der Waals surface area contributed by atoms with Gasteiger partial charge in [0.2, 0.25) is 0 Å². The summed E-state index contributed by atoms with van der Waals surface area (Å²) in [6.07, 6.45) is 1.70. The zero-order chi connectivity index (χ0) is 21.3. The van der Waals surface area contributed by atoms with Crippen molar-refractivity contribution in [3.05, 3.63) is 59.7 Å². The first-order valence-corrected chi connectivity index (χ1v) is 10.5. The number of benzene rings is 2. The highest BCUT2D eigenvalue weighted by Crippen LogP contribution is 2.28. The SMILES string of the molecule is CCNC(=NCc1ccccc1Oc1ccccc1C)NC1CCN(C(N)=O)CC1. The standard InChI is InChI=1S/C23H31N5O2/c1-3-25-23(27-19-12-14-28(15-13-19)22(24)29)26-16-18-9-5-7-11-21(18)30-20-10-6-4-8-17(20)2/h4-11,19H,3,12-16H2,1-2H3,(H2,24,29)(H2,25,26,27). The number of nitrogens with two attached hydrogens (primary N) is 1. The van der Waals surface area contributed by atoms with Gasteiger partial charge in [-0.3, -0.25) is 0 Å². The summed E-state index contributed by atoms with van der Waals surface area (Å²) in [5.74, 6) is 2.42. The fourth-order valence-corrected chi connectivity index (χ4v) is 3.45. The summed E-state index contributed by atoms with van der Waals surface area (Å²) in [4.78, 5) is 17.8. The van der Waals surface area contributed by atoms with Crippen LogP contribution in [0.4, 0.5) is 4.79 Å². The number of aryl methyl sites for hydroxylation is 1. The summed E-state index contributed by atoms with van der Waals surface area (Å²) >= 11 is 0. The molecule has 2 amide bonds. The second-order valence-electron chi connectivity index (χ2n) is 7.41. The maximum absolute atomic E-state index is 11.3. The number of urea groups is 1. The van der Waals surface area contributed by atoms with Crippen molar-refractivity contribution in [3.63, 3.8) is 0 Å². The highest BCUT2D eigenvalue weighted by Gasteiger charge is 2.21. The first kappa shape index (κ1) is 21.5. The molecule has 1 fully saturated rings. The van der Waals surface area contributed by atoms with E-state index in [1.807, 2.05) is 62.4 Å². The number of guanidine groups is 1. The Morgan fingerprint density at radius 3 is 2.47 bits per heavy atom. The number of amides is 2. The second kappa shape index (κ2) is 10.5. The number of carbonyl (C=O) groups is 1. The van der Waals surface area contributed by atoms with E-state index in [2.05, 4.69) is 10.6 Å². The minimum absolute atomic E-state index is 0.261. The van der Waals surface area contributed by atoms with E-state index in [-0.39, 0.29) is 12.1 Å². The van der Waals surface area contributed by atoms with Gasteiger partial charge in [-0.25, -0.2) is 9.79 Å². The van der Waals surface area contributed by atoms with E-state index in [9.17, 15) is 4.79 Å². The van der Waals surface area contributed by atoms with Gasteiger partial charge in [0.1, 0.15) is 11.5 Å². The van der Waals surface area contributed by atoms with Crippen LogP contribution in [-0.4, -0.2) is 42.6 Å². The van der Waals surface area contributed by atoms with E-state index < -0.39 is 0 Å². The molecule has 160 valence electrons. The van der Waals surface area contributed by atoms with Crippen molar-refractivity contribution >= 4 is 12.0 Å². The molecule has 1 aliphatic rings. The highest BCUT2D eigenvalue weighted by atomic mass is 16.5. The van der Waals surface area contributed by atoms with Gasteiger partial charge in [-0.2, -0.15) is 0 Å². The number of likely N-dealkylation sites (tertiary alicyclic amines) is 1. The molecule has 0 saturated carbocycles. The van der Waals surface area contributed by atoms with Crippen LogP contribution in [0.1, 0.15) is 30.9 Å². The normalized spacial score (nSPS) is 15.0. The van der Waals surface area contributed by atoms with Crippen LogP contribution in [0.5, 0.6) is 11.5 Å². The van der Waals surface area contributed by atoms with Crippen LogP contribution < -0.4 is 21.1 Å². The smallest absolute Gasteiger partial charge is 0.314 e. The van der Waals surface area contributed by atoms with E-state index >= 15 is 0 Å². The number of piperidine rings is 1. The third-order valence-electron chi connectivity index (χ3n) is 5.19. The molecule has 1 saturated heterocycles. The van der Waals surface area contributed by atoms with Gasteiger partial charge in [0.15, 0.2) is 5.96 Å². The Balaban J connectivity index is 1.66. The number of carbonyl (C=O) groups excluding carboxylic acids is 1. The maximum atomic E-state index is 11.3. The van der Waals surface area contributed by atoms with E-state index in [1.54, 1.807) is 4.90 Å². The lowest BCUT2D eigenvalue weighted by Gasteiger charge is -2.32. The molecule has 1 heterocycles. The predicted molar refractivity (Wildman–Crippen MR) is 120 cm³/mol. The first-order valence-electron chi connectivity index (χ1n) is 10.5. The van der Waals surface area contributed by atoms with Crippen LogP contribution in [0.15, 0.2) is 53.5 Å². The summed E-state index contributed by atoms with van der Waals surface area (Å²) in [5, 5.41) is 6.79. The van der Waals surface area contributed by atoms with Crippen molar-refractivity contribution in [3.8, 4) is 11.5 Å². The molecule has 0 atom stereocenters. The van der Waals surface area contributed by atoms with Crippen molar-refractivity contribution in [2.45, 2.75) is 39.3 Å². The third-order valence-corrected chi connectivity index (χ3v) is 5.19. The molecule has 0 radical (unpaired) electrons. The molecule has 0 unspecified atom stereocenters. The van der Waals surface area contributed by atoms with Gasteiger partial charge >= 0.3 is 6.03 Å². The van der Waals surface area contributed by atoms with Crippen molar-refractivity contribution in [1.29, 1.82) is 0 Å². The molecule has 0 bridgehead atoms. The van der Waals surface area contributed by atoms with E-state index in [0.717, 1.165) is 48.0 Å². The lowest BCUT2D eigenvalue weighted by molar-refractivity contribution is 0.188. The molecule has 0 spiro atoms. The van der Waals surface area contributed by atoms with Crippen molar-refractivity contribution < 1.29 is 9.53 Å². The average Bonchev–Trinajstić information content (AvgIpc) is 2.75. The first-order chi connectivity index (χ1) is 14.6. The zero-order valence-electron chi connectivity index (χ0n) is 17.7. The Morgan fingerprint density at radius 1 is 1.13 bits per heavy atom. The number of para-hydroxylation sites is 2. The Hall–Kier alpha value is -3.22. The Morgan fingerprint density at radius 2 is 1.80 bits per heavy atom. The van der Waals surface area contributed by atoms with E-state index in [0.29, 0.717) is 19.6 Å². The van der Waals surface area contributed by atoms with Crippen molar-refractivity contribution in [1.82, 2.24) is 15.5 Å². The number of nitrogens with one attached hydrogen (secondary N) is 2. The Bertz CT molecular complexity index is 875. The molecule has 0 aliphatic carbocycles. The predicted octanol–water partition coefficient (Wildman–Crippen LogP) is 3.39. The molecular formula is C23H31N5O2. The van der Waals surface area contributed by atoms with Crippen LogP contribution in [0.3, 0.4) is 0 Å². The molecule has 1 aliphatic heterocycles. The van der Waals surface area contributed by atoms with Crippen LogP contribution in [0.2, 0.25) is 0 Å². The molecule has 4 N–H and O–H groups in total. The number of hydrogen-bond acceptors (Lipinski definition) is 3. The lowest BCUT2D eigenvalue weighted by atomic mass is 10.1. The van der Waals surface area contributed by atoms with Crippen LogP contribution in [0.25, 0.3) is 0 Å². The molecular weight excluding hydrogens is 378 g/mol. The number of hydrogen-bond donors (Lipinski definition) is 3. The van der Waals surface area contributed by atoms with Crippen LogP contribution in [0, 0.1) is 6.92 Å². The molecule has 7 heteroatoms. The monoisotopic (exact) mass is 409 g/mol. The maximum Gasteiger partial charge on any atom is 0.314 e. The summed E-state index contributed by atoms with van der Waals surface area (Å²) in [5.41, 5.74) is 7.48. The highest BCUT2D eigenvalue weighted by molar-refractivity contribution is 5.80. The van der Waals surface area contributed by atoms with Crippen molar-refractivity contribution in [2.24, 2.45) is 10.7 Å². The topological polar surface area (TPSA) is 92.0 Å². The number of primary amides is 1. The molecule has 3 rings (SSSR count). The van der Waals surface area contributed by atoms with Gasteiger partial charge in [0, 0.05) is 31.2 Å². The Kier molecular flexibility index (Phi) is 7.54. The summed E-state index contributed by atoms with van der Waals surface area (Å²) in [6.45, 7) is 6.68. The Labute approximate surface area is 178 Å². The van der Waals surface area contributed by atoms with E-state index in [4.69, 9.17) is 15.5 Å². The minimum Gasteiger partial charge on any atom is -0.457 e. The molecule has 2 aromatic rings. The molecule has 0 aromatic heterocycles. The number of rotatable bonds is 6.